The maximum atomic E-state index is 13.0. The Morgan fingerprint density at radius 2 is 1.75 bits per heavy atom. The lowest BCUT2D eigenvalue weighted by molar-refractivity contribution is 0.0950. The van der Waals surface area contributed by atoms with E-state index >= 15 is 0 Å². The van der Waals surface area contributed by atoms with Gasteiger partial charge < -0.3 is 15.2 Å². The number of carbonyl (C=O) groups is 1. The number of rotatable bonds is 9. The van der Waals surface area contributed by atoms with Gasteiger partial charge in [0.2, 0.25) is 0 Å². The predicted molar refractivity (Wildman–Crippen MR) is 113 cm³/mol. The number of hydrogen-bond acceptors (Lipinski definition) is 3. The molecule has 0 unspecified atom stereocenters. The number of aliphatic hydroxyl groups excluding tert-OH is 1. The van der Waals surface area contributed by atoms with Gasteiger partial charge in [0.1, 0.15) is 5.75 Å². The molecule has 0 saturated carbocycles. The number of amides is 1. The zero-order valence-electron chi connectivity index (χ0n) is 16.2. The molecule has 2 N–H and O–H groups in total. The molecule has 3 rings (SSSR count). The quantitative estimate of drug-likeness (QED) is 0.576. The average molecular weight is 377 g/mol. The Balaban J connectivity index is 1.75. The third kappa shape index (κ3) is 4.70. The zero-order chi connectivity index (χ0) is 19.8. The zero-order valence-corrected chi connectivity index (χ0v) is 16.2. The van der Waals surface area contributed by atoms with Gasteiger partial charge in [0.15, 0.2) is 0 Å². The molecule has 1 atom stereocenters. The molecule has 4 nitrogen and oxygen atoms in total. The van der Waals surface area contributed by atoms with E-state index < -0.39 is 0 Å². The minimum Gasteiger partial charge on any atom is -0.493 e. The first-order valence-electron chi connectivity index (χ1n) is 9.83. The second kappa shape index (κ2) is 9.90. The molecule has 4 heteroatoms. The fraction of sp³-hybridized carbons (Fsp3) is 0.292. The summed E-state index contributed by atoms with van der Waals surface area (Å²) in [6.07, 6.45) is 1.45. The van der Waals surface area contributed by atoms with Crippen molar-refractivity contribution in [3.05, 3.63) is 77.9 Å². The molecule has 28 heavy (non-hydrogen) atoms. The number of carbonyl (C=O) groups excluding carboxylic acids is 1. The molecule has 0 fully saturated rings. The van der Waals surface area contributed by atoms with Crippen molar-refractivity contribution in [3.63, 3.8) is 0 Å². The van der Waals surface area contributed by atoms with Crippen LogP contribution in [0.15, 0.2) is 66.7 Å². The fourth-order valence-corrected chi connectivity index (χ4v) is 3.57. The van der Waals surface area contributed by atoms with Crippen molar-refractivity contribution < 1.29 is 14.6 Å². The molecular formula is C24H27NO3. The van der Waals surface area contributed by atoms with E-state index in [4.69, 9.17) is 4.74 Å². The highest BCUT2D eigenvalue weighted by atomic mass is 16.5. The summed E-state index contributed by atoms with van der Waals surface area (Å²) in [5.41, 5.74) is 1.77. The van der Waals surface area contributed by atoms with Gasteiger partial charge in [0.05, 0.1) is 12.2 Å². The van der Waals surface area contributed by atoms with Gasteiger partial charge in [-0.3, -0.25) is 4.79 Å². The van der Waals surface area contributed by atoms with E-state index in [0.717, 1.165) is 17.2 Å². The van der Waals surface area contributed by atoms with Crippen LogP contribution in [0.25, 0.3) is 10.8 Å². The van der Waals surface area contributed by atoms with E-state index in [1.54, 1.807) is 0 Å². The van der Waals surface area contributed by atoms with Gasteiger partial charge in [-0.25, -0.2) is 0 Å². The van der Waals surface area contributed by atoms with E-state index in [2.05, 4.69) is 17.4 Å². The molecule has 0 aliphatic rings. The van der Waals surface area contributed by atoms with Crippen molar-refractivity contribution in [2.45, 2.75) is 25.7 Å². The molecular weight excluding hydrogens is 350 g/mol. The van der Waals surface area contributed by atoms with Gasteiger partial charge in [-0.2, -0.15) is 0 Å². The van der Waals surface area contributed by atoms with Gasteiger partial charge in [0.25, 0.3) is 5.91 Å². The first-order valence-corrected chi connectivity index (χ1v) is 9.83. The number of benzene rings is 3. The van der Waals surface area contributed by atoms with Crippen LogP contribution in [0.2, 0.25) is 0 Å². The lowest BCUT2D eigenvalue weighted by atomic mass is 9.93. The van der Waals surface area contributed by atoms with Crippen LogP contribution in [0.5, 0.6) is 5.75 Å². The Hall–Kier alpha value is -2.85. The lowest BCUT2D eigenvalue weighted by Crippen LogP contribution is -2.26. The van der Waals surface area contributed by atoms with Gasteiger partial charge in [-0.1, -0.05) is 60.7 Å². The third-order valence-electron chi connectivity index (χ3n) is 4.94. The first-order chi connectivity index (χ1) is 13.7. The summed E-state index contributed by atoms with van der Waals surface area (Å²) in [6, 6.07) is 21.8. The smallest absolute Gasteiger partial charge is 0.255 e. The Labute approximate surface area is 166 Å². The van der Waals surface area contributed by atoms with Crippen LogP contribution >= 0.6 is 0 Å². The van der Waals surface area contributed by atoms with Crippen molar-refractivity contribution in [3.8, 4) is 5.75 Å². The second-order valence-corrected chi connectivity index (χ2v) is 6.76. The van der Waals surface area contributed by atoms with Crippen molar-refractivity contribution >= 4 is 16.7 Å². The van der Waals surface area contributed by atoms with Crippen LogP contribution in [0.4, 0.5) is 0 Å². The van der Waals surface area contributed by atoms with E-state index in [-0.39, 0.29) is 18.4 Å². The summed E-state index contributed by atoms with van der Waals surface area (Å²) in [4.78, 5) is 13.0. The lowest BCUT2D eigenvalue weighted by Gasteiger charge is -2.18. The Kier molecular flexibility index (Phi) is 7.04. The van der Waals surface area contributed by atoms with Gasteiger partial charge >= 0.3 is 0 Å². The van der Waals surface area contributed by atoms with Crippen LogP contribution in [0.1, 0.15) is 41.6 Å². The highest BCUT2D eigenvalue weighted by Crippen LogP contribution is 2.28. The topological polar surface area (TPSA) is 58.6 Å². The van der Waals surface area contributed by atoms with E-state index in [9.17, 15) is 9.90 Å². The number of nitrogens with one attached hydrogen (secondary N) is 1. The van der Waals surface area contributed by atoms with E-state index in [0.29, 0.717) is 30.9 Å². The molecule has 146 valence electrons. The first kappa shape index (κ1) is 19.9. The van der Waals surface area contributed by atoms with Crippen molar-refractivity contribution in [2.75, 3.05) is 19.8 Å². The molecule has 0 bridgehead atoms. The van der Waals surface area contributed by atoms with E-state index in [1.165, 1.54) is 5.56 Å². The minimum atomic E-state index is -0.129. The summed E-state index contributed by atoms with van der Waals surface area (Å²) < 4.78 is 5.71. The summed E-state index contributed by atoms with van der Waals surface area (Å²) >= 11 is 0. The molecule has 0 aliphatic carbocycles. The van der Waals surface area contributed by atoms with Gasteiger partial charge in [-0.05, 0) is 48.1 Å². The minimum absolute atomic E-state index is 0.129. The maximum absolute atomic E-state index is 13.0. The van der Waals surface area contributed by atoms with Crippen molar-refractivity contribution in [2.24, 2.45) is 0 Å². The van der Waals surface area contributed by atoms with Gasteiger partial charge in [-0.15, -0.1) is 0 Å². The highest BCUT2D eigenvalue weighted by Gasteiger charge is 2.17. The Morgan fingerprint density at radius 1 is 1.00 bits per heavy atom. The average Bonchev–Trinajstić information content (AvgIpc) is 2.73. The standard InChI is InChI=1S/C24H27NO3/c1-2-28-22-13-12-20-10-6-7-11-21(20)23(22)24(27)25-16-14-19(15-17-26)18-8-4-3-5-9-18/h3-13,19,26H,2,14-17H2,1H3,(H,25,27)/t19-/m1/s1. The normalized spacial score (nSPS) is 11.9. The number of aliphatic hydroxyl groups is 1. The SMILES string of the molecule is CCOc1ccc2ccccc2c1C(=O)NCC[C@H](CCO)c1ccccc1. The molecule has 0 heterocycles. The van der Waals surface area contributed by atoms with Crippen LogP contribution in [-0.4, -0.2) is 30.8 Å². The predicted octanol–water partition coefficient (Wildman–Crippen LogP) is 4.52. The Morgan fingerprint density at radius 3 is 2.50 bits per heavy atom. The van der Waals surface area contributed by atoms with Gasteiger partial charge in [0, 0.05) is 13.2 Å². The molecule has 0 saturated heterocycles. The molecule has 0 aliphatic heterocycles. The molecule has 3 aromatic rings. The Bertz CT molecular complexity index is 908. The van der Waals surface area contributed by atoms with Crippen LogP contribution in [0, 0.1) is 0 Å². The fourth-order valence-electron chi connectivity index (χ4n) is 3.57. The monoisotopic (exact) mass is 377 g/mol. The third-order valence-corrected chi connectivity index (χ3v) is 4.94. The summed E-state index contributed by atoms with van der Waals surface area (Å²) in [6.45, 7) is 3.08. The van der Waals surface area contributed by atoms with Crippen LogP contribution < -0.4 is 10.1 Å². The van der Waals surface area contributed by atoms with Crippen LogP contribution in [0.3, 0.4) is 0 Å². The molecule has 0 aromatic heterocycles. The molecule has 3 aromatic carbocycles. The van der Waals surface area contributed by atoms with Crippen molar-refractivity contribution in [1.29, 1.82) is 0 Å². The summed E-state index contributed by atoms with van der Waals surface area (Å²) in [5, 5.41) is 14.3. The van der Waals surface area contributed by atoms with Crippen molar-refractivity contribution in [1.82, 2.24) is 5.32 Å². The van der Waals surface area contributed by atoms with E-state index in [1.807, 2.05) is 61.5 Å². The highest BCUT2D eigenvalue weighted by molar-refractivity contribution is 6.09. The largest absolute Gasteiger partial charge is 0.493 e. The molecule has 0 spiro atoms. The molecule has 1 amide bonds. The summed E-state index contributed by atoms with van der Waals surface area (Å²) in [5.74, 6) is 0.690. The second-order valence-electron chi connectivity index (χ2n) is 6.76. The van der Waals surface area contributed by atoms with Crippen LogP contribution in [-0.2, 0) is 0 Å². The number of ether oxygens (including phenoxy) is 1. The number of hydrogen-bond donors (Lipinski definition) is 2. The number of fused-ring (bicyclic) bond motifs is 1. The maximum Gasteiger partial charge on any atom is 0.255 e. The summed E-state index contributed by atoms with van der Waals surface area (Å²) in [7, 11) is 0. The molecule has 0 radical (unpaired) electrons.